The van der Waals surface area contributed by atoms with Gasteiger partial charge in [-0.3, -0.25) is 0 Å². The maximum atomic E-state index is 14.6. The van der Waals surface area contributed by atoms with Crippen LogP contribution in [0.1, 0.15) is 88.1 Å². The fourth-order valence-corrected chi connectivity index (χ4v) is 3.60. The first kappa shape index (κ1) is 19.2. The van der Waals surface area contributed by atoms with E-state index in [1.807, 2.05) is 0 Å². The Kier molecular flexibility index (Phi) is 5.59. The van der Waals surface area contributed by atoms with Gasteiger partial charge in [0.25, 0.3) is 0 Å². The Morgan fingerprint density at radius 2 is 1.77 bits per heavy atom. The molecule has 0 saturated heterocycles. The van der Waals surface area contributed by atoms with Gasteiger partial charge in [0.05, 0.1) is 12.2 Å². The zero-order valence-corrected chi connectivity index (χ0v) is 16.4. The van der Waals surface area contributed by atoms with Gasteiger partial charge in [0.2, 0.25) is 0 Å². The van der Waals surface area contributed by atoms with Crippen LogP contribution in [-0.4, -0.2) is 18.2 Å². The second kappa shape index (κ2) is 7.58. The van der Waals surface area contributed by atoms with E-state index in [0.717, 1.165) is 24.3 Å². The quantitative estimate of drug-likeness (QED) is 0.615. The summed E-state index contributed by atoms with van der Waals surface area (Å²) < 4.78 is 26.0. The first-order chi connectivity index (χ1) is 12.2. The van der Waals surface area contributed by atoms with E-state index in [-0.39, 0.29) is 5.56 Å². The molecule has 0 heterocycles. The van der Waals surface area contributed by atoms with Crippen LogP contribution in [0.2, 0.25) is 0 Å². The summed E-state index contributed by atoms with van der Waals surface area (Å²) in [4.78, 5) is 12.3. The zero-order valence-electron chi connectivity index (χ0n) is 16.4. The molecule has 0 amide bonds. The van der Waals surface area contributed by atoms with Crippen molar-refractivity contribution in [1.29, 1.82) is 0 Å². The molecule has 2 aliphatic rings. The summed E-state index contributed by atoms with van der Waals surface area (Å²) in [5, 5.41) is 0. The van der Waals surface area contributed by atoms with Crippen molar-refractivity contribution in [2.45, 2.75) is 77.7 Å². The SMILES string of the molecule is CC1CCC(COc2cc(F)c(C(=O)OC(C)(C)C)cc2C2CC2)CC1. The number of ether oxygens (including phenoxy) is 2. The molecule has 0 spiro atoms. The summed E-state index contributed by atoms with van der Waals surface area (Å²) in [6, 6.07) is 3.04. The van der Waals surface area contributed by atoms with Gasteiger partial charge in [-0.2, -0.15) is 0 Å². The van der Waals surface area contributed by atoms with Crippen LogP contribution < -0.4 is 4.74 Å². The van der Waals surface area contributed by atoms with Gasteiger partial charge < -0.3 is 9.47 Å². The molecule has 0 unspecified atom stereocenters. The number of hydrogen-bond acceptors (Lipinski definition) is 3. The number of benzene rings is 1. The van der Waals surface area contributed by atoms with Crippen LogP contribution in [0, 0.1) is 17.7 Å². The van der Waals surface area contributed by atoms with Crippen molar-refractivity contribution in [1.82, 2.24) is 0 Å². The lowest BCUT2D eigenvalue weighted by Gasteiger charge is -2.26. The Bertz CT molecular complexity index is 650. The Morgan fingerprint density at radius 3 is 2.35 bits per heavy atom. The average molecular weight is 362 g/mol. The third kappa shape index (κ3) is 4.99. The minimum atomic E-state index is -0.642. The van der Waals surface area contributed by atoms with Crippen LogP contribution in [0.25, 0.3) is 0 Å². The molecule has 3 nitrogen and oxygen atoms in total. The highest BCUT2D eigenvalue weighted by Crippen LogP contribution is 2.45. The highest BCUT2D eigenvalue weighted by atomic mass is 19.1. The number of hydrogen-bond donors (Lipinski definition) is 0. The molecule has 0 aliphatic heterocycles. The summed E-state index contributed by atoms with van der Waals surface area (Å²) in [5.74, 6) is 1.17. The van der Waals surface area contributed by atoms with Crippen molar-refractivity contribution >= 4 is 5.97 Å². The van der Waals surface area contributed by atoms with E-state index in [2.05, 4.69) is 6.92 Å². The largest absolute Gasteiger partial charge is 0.493 e. The smallest absolute Gasteiger partial charge is 0.341 e. The average Bonchev–Trinajstić information content (AvgIpc) is 3.37. The fraction of sp³-hybridized carbons (Fsp3) is 0.682. The van der Waals surface area contributed by atoms with E-state index in [0.29, 0.717) is 24.2 Å². The van der Waals surface area contributed by atoms with Crippen molar-refractivity contribution in [3.8, 4) is 5.75 Å². The molecule has 4 heteroatoms. The van der Waals surface area contributed by atoms with E-state index in [1.54, 1.807) is 26.8 Å². The minimum absolute atomic E-state index is 0.0145. The molecule has 2 saturated carbocycles. The monoisotopic (exact) mass is 362 g/mol. The summed E-state index contributed by atoms with van der Waals surface area (Å²) in [5.41, 5.74) is 0.327. The topological polar surface area (TPSA) is 35.5 Å². The third-order valence-corrected chi connectivity index (χ3v) is 5.35. The molecule has 0 atom stereocenters. The van der Waals surface area contributed by atoms with Crippen LogP contribution in [0.15, 0.2) is 12.1 Å². The van der Waals surface area contributed by atoms with Crippen molar-refractivity contribution in [2.24, 2.45) is 11.8 Å². The van der Waals surface area contributed by atoms with Gasteiger partial charge in [-0.1, -0.05) is 19.8 Å². The van der Waals surface area contributed by atoms with E-state index in [4.69, 9.17) is 9.47 Å². The van der Waals surface area contributed by atoms with Crippen LogP contribution in [0.3, 0.4) is 0 Å². The fourth-order valence-electron chi connectivity index (χ4n) is 3.60. The number of halogens is 1. The molecule has 0 bridgehead atoms. The molecule has 2 aliphatic carbocycles. The number of carbonyl (C=O) groups excluding carboxylic acids is 1. The number of carbonyl (C=O) groups is 1. The predicted octanol–water partition coefficient (Wildman–Crippen LogP) is 5.86. The number of rotatable bonds is 5. The zero-order chi connectivity index (χ0) is 18.9. The Balaban J connectivity index is 1.74. The van der Waals surface area contributed by atoms with E-state index < -0.39 is 17.4 Å². The van der Waals surface area contributed by atoms with E-state index in [9.17, 15) is 9.18 Å². The maximum Gasteiger partial charge on any atom is 0.341 e. The summed E-state index contributed by atoms with van der Waals surface area (Å²) in [6.07, 6.45) is 6.98. The molecule has 0 radical (unpaired) electrons. The van der Waals surface area contributed by atoms with Gasteiger partial charge in [0, 0.05) is 6.07 Å². The summed E-state index contributed by atoms with van der Waals surface area (Å²) >= 11 is 0. The molecule has 0 aromatic heterocycles. The van der Waals surface area contributed by atoms with Crippen LogP contribution >= 0.6 is 0 Å². The van der Waals surface area contributed by atoms with Gasteiger partial charge in [-0.05, 0) is 75.8 Å². The standard InChI is InChI=1S/C22H31FO3/c1-14-5-7-15(8-6-14)13-25-20-12-19(23)18(11-17(20)16-9-10-16)21(24)26-22(2,3)4/h11-12,14-16H,5-10,13H2,1-4H3. The Hall–Kier alpha value is -1.58. The van der Waals surface area contributed by atoms with Gasteiger partial charge >= 0.3 is 5.97 Å². The lowest BCUT2D eigenvalue weighted by molar-refractivity contribution is 0.00645. The Labute approximate surface area is 156 Å². The van der Waals surface area contributed by atoms with Crippen LogP contribution in [0.5, 0.6) is 5.75 Å². The Morgan fingerprint density at radius 1 is 1.12 bits per heavy atom. The molecule has 1 aromatic carbocycles. The second-order valence-corrected chi connectivity index (χ2v) is 9.08. The summed E-state index contributed by atoms with van der Waals surface area (Å²) in [7, 11) is 0. The van der Waals surface area contributed by atoms with Crippen molar-refractivity contribution < 1.29 is 18.7 Å². The maximum absolute atomic E-state index is 14.6. The molecular formula is C22H31FO3. The first-order valence-corrected chi connectivity index (χ1v) is 9.92. The predicted molar refractivity (Wildman–Crippen MR) is 100 cm³/mol. The van der Waals surface area contributed by atoms with Gasteiger partial charge in [-0.15, -0.1) is 0 Å². The number of esters is 1. The molecule has 1 aromatic rings. The van der Waals surface area contributed by atoms with Gasteiger partial charge in [0.1, 0.15) is 17.2 Å². The molecular weight excluding hydrogens is 331 g/mol. The van der Waals surface area contributed by atoms with Crippen molar-refractivity contribution in [3.05, 3.63) is 29.1 Å². The van der Waals surface area contributed by atoms with E-state index >= 15 is 0 Å². The van der Waals surface area contributed by atoms with Crippen LogP contribution in [-0.2, 0) is 4.74 Å². The lowest BCUT2D eigenvalue weighted by atomic mass is 9.83. The highest BCUT2D eigenvalue weighted by Gasteiger charge is 2.31. The second-order valence-electron chi connectivity index (χ2n) is 9.08. The lowest BCUT2D eigenvalue weighted by Crippen LogP contribution is -2.24. The molecule has 144 valence electrons. The molecule has 0 N–H and O–H groups in total. The normalized spacial score (nSPS) is 23.6. The first-order valence-electron chi connectivity index (χ1n) is 9.92. The van der Waals surface area contributed by atoms with Gasteiger partial charge in [-0.25, -0.2) is 9.18 Å². The van der Waals surface area contributed by atoms with Gasteiger partial charge in [0.15, 0.2) is 0 Å². The molecule has 26 heavy (non-hydrogen) atoms. The highest BCUT2D eigenvalue weighted by molar-refractivity contribution is 5.90. The van der Waals surface area contributed by atoms with Crippen LogP contribution in [0.4, 0.5) is 4.39 Å². The molecule has 2 fully saturated rings. The third-order valence-electron chi connectivity index (χ3n) is 5.35. The van der Waals surface area contributed by atoms with Crippen molar-refractivity contribution in [2.75, 3.05) is 6.61 Å². The van der Waals surface area contributed by atoms with Crippen molar-refractivity contribution in [3.63, 3.8) is 0 Å². The summed E-state index contributed by atoms with van der Waals surface area (Å²) in [6.45, 7) is 8.29. The molecule has 3 rings (SSSR count). The minimum Gasteiger partial charge on any atom is -0.493 e. The van der Waals surface area contributed by atoms with E-state index in [1.165, 1.54) is 31.7 Å².